The fourth-order valence-electron chi connectivity index (χ4n) is 3.49. The number of benzene rings is 1. The van der Waals surface area contributed by atoms with E-state index in [2.05, 4.69) is 4.98 Å². The van der Waals surface area contributed by atoms with Crippen LogP contribution < -0.4 is 0 Å². The summed E-state index contributed by atoms with van der Waals surface area (Å²) >= 11 is 0. The van der Waals surface area contributed by atoms with E-state index in [1.54, 1.807) is 6.07 Å². The van der Waals surface area contributed by atoms with Crippen LogP contribution in [0.2, 0.25) is 0 Å². The van der Waals surface area contributed by atoms with Gasteiger partial charge in [0, 0.05) is 36.6 Å². The molecule has 0 saturated carbocycles. The smallest absolute Gasteiger partial charge is 0.295 e. The summed E-state index contributed by atoms with van der Waals surface area (Å²) in [6.45, 7) is 0.957. The first-order valence-electron chi connectivity index (χ1n) is 9.39. The molecule has 1 aliphatic rings. The maximum absolute atomic E-state index is 12.9. The van der Waals surface area contributed by atoms with E-state index in [0.717, 1.165) is 0 Å². The van der Waals surface area contributed by atoms with Crippen molar-refractivity contribution in [1.29, 1.82) is 0 Å². The van der Waals surface area contributed by atoms with Gasteiger partial charge >= 0.3 is 0 Å². The maximum atomic E-state index is 12.9. The quantitative estimate of drug-likeness (QED) is 0.245. The van der Waals surface area contributed by atoms with E-state index in [-0.39, 0.29) is 23.6 Å². The van der Waals surface area contributed by atoms with Crippen molar-refractivity contribution in [1.82, 2.24) is 14.8 Å². The monoisotopic (exact) mass is 410 g/mol. The predicted octanol–water partition coefficient (Wildman–Crippen LogP) is 2.36. The molecular weight excluding hydrogens is 388 g/mol. The van der Waals surface area contributed by atoms with Gasteiger partial charge in [0.05, 0.1) is 16.5 Å². The van der Waals surface area contributed by atoms with Crippen LogP contribution in [0.15, 0.2) is 54.4 Å². The van der Waals surface area contributed by atoms with Crippen LogP contribution in [0.1, 0.15) is 23.6 Å². The first kappa shape index (κ1) is 21.1. The second kappa shape index (κ2) is 8.83. The summed E-state index contributed by atoms with van der Waals surface area (Å²) in [5, 5.41) is 22.1. The minimum absolute atomic E-state index is 0.0865. The Balaban J connectivity index is 2.12. The number of hydrogen-bond donors (Lipinski definition) is 1. The summed E-state index contributed by atoms with van der Waals surface area (Å²) < 4.78 is 0. The van der Waals surface area contributed by atoms with E-state index in [9.17, 15) is 24.8 Å². The van der Waals surface area contributed by atoms with Crippen LogP contribution in [0, 0.1) is 10.1 Å². The number of Topliss-reactive ketones (excluding diaryl/α,β-unsaturated/α-hetero) is 1. The number of likely N-dealkylation sites (tertiary alicyclic amines) is 1. The van der Waals surface area contributed by atoms with Gasteiger partial charge in [-0.25, -0.2) is 0 Å². The molecule has 9 nitrogen and oxygen atoms in total. The summed E-state index contributed by atoms with van der Waals surface area (Å²) in [5.41, 5.74) is 0.488. The van der Waals surface area contributed by atoms with Crippen molar-refractivity contribution in [3.05, 3.63) is 75.6 Å². The number of carbonyl (C=O) groups excluding carboxylic acids is 2. The van der Waals surface area contributed by atoms with Gasteiger partial charge in [-0.1, -0.05) is 12.1 Å². The van der Waals surface area contributed by atoms with E-state index in [0.29, 0.717) is 24.1 Å². The van der Waals surface area contributed by atoms with Crippen LogP contribution in [0.5, 0.6) is 0 Å². The lowest BCUT2D eigenvalue weighted by Gasteiger charge is -2.25. The van der Waals surface area contributed by atoms with Gasteiger partial charge in [0.1, 0.15) is 5.76 Å². The number of nitro benzene ring substituents is 1. The van der Waals surface area contributed by atoms with Crippen LogP contribution in [-0.2, 0) is 9.59 Å². The molecule has 2 aromatic rings. The molecule has 9 heteroatoms. The third-order valence-corrected chi connectivity index (χ3v) is 4.89. The molecule has 156 valence electrons. The van der Waals surface area contributed by atoms with E-state index >= 15 is 0 Å². The summed E-state index contributed by atoms with van der Waals surface area (Å²) in [5.74, 6) is -1.88. The number of hydrogen-bond acceptors (Lipinski definition) is 7. The van der Waals surface area contributed by atoms with Crippen molar-refractivity contribution in [2.75, 3.05) is 27.2 Å². The van der Waals surface area contributed by atoms with Crippen molar-refractivity contribution < 1.29 is 19.6 Å². The van der Waals surface area contributed by atoms with Crippen molar-refractivity contribution >= 4 is 23.1 Å². The lowest BCUT2D eigenvalue weighted by atomic mass is 9.95. The van der Waals surface area contributed by atoms with Gasteiger partial charge in [0.2, 0.25) is 0 Å². The molecule has 1 N–H and O–H groups in total. The molecule has 0 aliphatic carbocycles. The maximum Gasteiger partial charge on any atom is 0.295 e. The Labute approximate surface area is 173 Å². The molecule has 30 heavy (non-hydrogen) atoms. The number of non-ortho nitro benzene ring substituents is 1. The molecule has 1 aromatic heterocycles. The zero-order valence-corrected chi connectivity index (χ0v) is 16.7. The number of nitrogens with zero attached hydrogens (tertiary/aromatic N) is 4. The lowest BCUT2D eigenvalue weighted by molar-refractivity contribution is -0.384. The molecule has 1 fully saturated rings. The highest BCUT2D eigenvalue weighted by molar-refractivity contribution is 6.46. The Kier molecular flexibility index (Phi) is 6.22. The number of aliphatic hydroxyl groups excluding tert-OH is 1. The van der Waals surface area contributed by atoms with E-state index in [1.165, 1.54) is 47.6 Å². The van der Waals surface area contributed by atoms with E-state index in [1.807, 2.05) is 19.0 Å². The van der Waals surface area contributed by atoms with Gasteiger partial charge < -0.3 is 14.9 Å². The molecular formula is C21H22N4O5. The highest BCUT2D eigenvalue weighted by Crippen LogP contribution is 2.40. The average Bonchev–Trinajstić information content (AvgIpc) is 2.98. The topological polar surface area (TPSA) is 117 Å². The molecule has 1 saturated heterocycles. The molecule has 2 heterocycles. The van der Waals surface area contributed by atoms with Gasteiger partial charge in [0.25, 0.3) is 17.4 Å². The van der Waals surface area contributed by atoms with Gasteiger partial charge in [-0.2, -0.15) is 0 Å². The summed E-state index contributed by atoms with van der Waals surface area (Å²) in [6, 6.07) is 7.92. The molecule has 1 aliphatic heterocycles. The van der Waals surface area contributed by atoms with Gasteiger partial charge in [-0.15, -0.1) is 0 Å². The lowest BCUT2D eigenvalue weighted by Crippen LogP contribution is -2.32. The fraction of sp³-hybridized carbons (Fsp3) is 0.286. The molecule has 1 atom stereocenters. The number of pyridine rings is 1. The third kappa shape index (κ3) is 4.20. The number of ketones is 1. The average molecular weight is 410 g/mol. The van der Waals surface area contributed by atoms with Crippen LogP contribution in [0.4, 0.5) is 5.69 Å². The standard InChI is InChI=1S/C21H22N4O5/c1-23(2)11-4-12-24-18(15-5-3-6-16(13-15)25(29)30)17(20(27)21(24)28)19(26)14-7-9-22-10-8-14/h3,5-10,13,18,26H,4,11-12H2,1-2H3/b19-17-. The zero-order chi connectivity index (χ0) is 21.8. The van der Waals surface area contributed by atoms with Crippen molar-refractivity contribution in [3.63, 3.8) is 0 Å². The van der Waals surface area contributed by atoms with Gasteiger partial charge in [-0.3, -0.25) is 24.7 Å². The summed E-state index contributed by atoms with van der Waals surface area (Å²) in [7, 11) is 3.80. The number of carbonyl (C=O) groups is 2. The summed E-state index contributed by atoms with van der Waals surface area (Å²) in [4.78, 5) is 43.6. The van der Waals surface area contributed by atoms with Crippen molar-refractivity contribution in [2.24, 2.45) is 0 Å². The molecule has 3 rings (SSSR count). The van der Waals surface area contributed by atoms with Crippen LogP contribution in [0.3, 0.4) is 0 Å². The van der Waals surface area contributed by atoms with Crippen molar-refractivity contribution in [2.45, 2.75) is 12.5 Å². The van der Waals surface area contributed by atoms with Crippen LogP contribution in [0.25, 0.3) is 5.76 Å². The van der Waals surface area contributed by atoms with Crippen LogP contribution in [-0.4, -0.2) is 63.7 Å². The normalized spacial score (nSPS) is 18.2. The highest BCUT2D eigenvalue weighted by atomic mass is 16.6. The number of amides is 1. The van der Waals surface area contributed by atoms with E-state index in [4.69, 9.17) is 0 Å². The van der Waals surface area contributed by atoms with E-state index < -0.39 is 22.7 Å². The molecule has 0 bridgehead atoms. The SMILES string of the molecule is CN(C)CCCN1C(=O)C(=O)/C(=C(\O)c2ccncc2)C1c1cccc([N+](=O)[O-])c1. The molecule has 0 spiro atoms. The Morgan fingerprint density at radius 1 is 1.23 bits per heavy atom. The molecule has 1 amide bonds. The minimum atomic E-state index is -0.916. The Hall–Kier alpha value is -3.59. The fourth-order valence-corrected chi connectivity index (χ4v) is 3.49. The number of nitro groups is 1. The summed E-state index contributed by atoms with van der Waals surface area (Å²) in [6.07, 6.45) is 3.52. The first-order chi connectivity index (χ1) is 14.3. The highest BCUT2D eigenvalue weighted by Gasteiger charge is 2.46. The minimum Gasteiger partial charge on any atom is -0.507 e. The Morgan fingerprint density at radius 2 is 1.93 bits per heavy atom. The Morgan fingerprint density at radius 3 is 2.57 bits per heavy atom. The Bertz CT molecular complexity index is 1000. The second-order valence-electron chi connectivity index (χ2n) is 7.24. The molecule has 1 unspecified atom stereocenters. The second-order valence-corrected chi connectivity index (χ2v) is 7.24. The largest absolute Gasteiger partial charge is 0.507 e. The number of rotatable bonds is 7. The number of aromatic nitrogens is 1. The van der Waals surface area contributed by atoms with Crippen molar-refractivity contribution in [3.8, 4) is 0 Å². The molecule has 1 aromatic carbocycles. The zero-order valence-electron chi connectivity index (χ0n) is 16.7. The molecule has 0 radical (unpaired) electrons. The predicted molar refractivity (Wildman–Crippen MR) is 110 cm³/mol. The van der Waals surface area contributed by atoms with Gasteiger partial charge in [-0.05, 0) is 44.8 Å². The number of aliphatic hydroxyl groups is 1. The first-order valence-corrected chi connectivity index (χ1v) is 9.39. The van der Waals surface area contributed by atoms with Crippen LogP contribution >= 0.6 is 0 Å². The third-order valence-electron chi connectivity index (χ3n) is 4.89. The van der Waals surface area contributed by atoms with Gasteiger partial charge in [0.15, 0.2) is 0 Å².